The number of rotatable bonds is 8. The maximum absolute atomic E-state index is 13.2. The zero-order valence-corrected chi connectivity index (χ0v) is 19.8. The summed E-state index contributed by atoms with van der Waals surface area (Å²) in [7, 11) is 0. The van der Waals surface area contributed by atoms with Crippen LogP contribution in [-0.4, -0.2) is 32.1 Å². The zero-order valence-electron chi connectivity index (χ0n) is 18.2. The summed E-state index contributed by atoms with van der Waals surface area (Å²) in [5.41, 5.74) is 2.03. The maximum atomic E-state index is 13.2. The Bertz CT molecular complexity index is 1080. The number of amides is 1. The molecule has 7 heteroatoms. The van der Waals surface area contributed by atoms with Gasteiger partial charge in [0.05, 0.1) is 16.4 Å². The van der Waals surface area contributed by atoms with Crippen LogP contribution in [0.4, 0.5) is 0 Å². The molecule has 0 saturated carbocycles. The number of aromatic nitrogens is 2. The first-order valence-electron chi connectivity index (χ1n) is 10.3. The quantitative estimate of drug-likeness (QED) is 0.529. The van der Waals surface area contributed by atoms with E-state index >= 15 is 0 Å². The van der Waals surface area contributed by atoms with Gasteiger partial charge in [0.25, 0.3) is 5.56 Å². The molecule has 160 valence electrons. The van der Waals surface area contributed by atoms with E-state index in [1.54, 1.807) is 11.3 Å². The third kappa shape index (κ3) is 4.95. The number of aromatic amines is 1. The fourth-order valence-electron chi connectivity index (χ4n) is 3.33. The standard InChI is InChI=1S/C23H29N3O2S2/c1-6-14(2)26(12-18-10-8-7-9-11-18)23(28)17(5)29-13-19-24-21(27)20-15(3)16(4)30-22(20)25-19/h7-11,14,17H,6,12-13H2,1-5H3,(H,24,25,27). The number of carbonyl (C=O) groups excluding carboxylic acids is 1. The Morgan fingerprint density at radius 3 is 2.60 bits per heavy atom. The Labute approximate surface area is 185 Å². The predicted molar refractivity (Wildman–Crippen MR) is 127 cm³/mol. The average molecular weight is 444 g/mol. The van der Waals surface area contributed by atoms with E-state index in [1.807, 2.05) is 43.9 Å². The first kappa shape index (κ1) is 22.6. The number of nitrogens with zero attached hydrogens (tertiary/aromatic N) is 2. The van der Waals surface area contributed by atoms with Crippen LogP contribution >= 0.6 is 23.1 Å². The monoisotopic (exact) mass is 443 g/mol. The van der Waals surface area contributed by atoms with Crippen LogP contribution in [0.25, 0.3) is 10.2 Å². The number of aryl methyl sites for hydroxylation is 2. The summed E-state index contributed by atoms with van der Waals surface area (Å²) in [6.07, 6.45) is 0.901. The molecule has 5 nitrogen and oxygen atoms in total. The van der Waals surface area contributed by atoms with E-state index in [2.05, 4.69) is 35.9 Å². The van der Waals surface area contributed by atoms with Crippen molar-refractivity contribution in [2.45, 2.75) is 64.6 Å². The summed E-state index contributed by atoms with van der Waals surface area (Å²) >= 11 is 3.06. The van der Waals surface area contributed by atoms with Gasteiger partial charge in [0.1, 0.15) is 10.7 Å². The van der Waals surface area contributed by atoms with E-state index in [-0.39, 0.29) is 22.8 Å². The summed E-state index contributed by atoms with van der Waals surface area (Å²) in [6, 6.07) is 10.2. The summed E-state index contributed by atoms with van der Waals surface area (Å²) in [6.45, 7) is 10.7. The van der Waals surface area contributed by atoms with Crippen molar-refractivity contribution >= 4 is 39.2 Å². The van der Waals surface area contributed by atoms with E-state index < -0.39 is 0 Å². The van der Waals surface area contributed by atoms with Gasteiger partial charge in [-0.1, -0.05) is 37.3 Å². The lowest BCUT2D eigenvalue weighted by Gasteiger charge is -2.31. The molecule has 0 spiro atoms. The van der Waals surface area contributed by atoms with Crippen molar-refractivity contribution in [3.05, 3.63) is 62.5 Å². The molecular formula is C23H29N3O2S2. The van der Waals surface area contributed by atoms with Gasteiger partial charge in [0.2, 0.25) is 5.91 Å². The largest absolute Gasteiger partial charge is 0.335 e. The molecule has 30 heavy (non-hydrogen) atoms. The van der Waals surface area contributed by atoms with Crippen LogP contribution in [0.15, 0.2) is 35.1 Å². The Hall–Kier alpha value is -2.12. The SMILES string of the molecule is CCC(C)N(Cc1ccccc1)C(=O)C(C)SCc1nc2sc(C)c(C)c2c(=O)[nH]1. The number of benzene rings is 1. The van der Waals surface area contributed by atoms with Gasteiger partial charge in [-0.2, -0.15) is 0 Å². The summed E-state index contributed by atoms with van der Waals surface area (Å²) < 4.78 is 0. The molecule has 2 atom stereocenters. The van der Waals surface area contributed by atoms with Crippen LogP contribution < -0.4 is 5.56 Å². The molecule has 0 aliphatic carbocycles. The first-order chi connectivity index (χ1) is 14.3. The van der Waals surface area contributed by atoms with Crippen LogP contribution in [-0.2, 0) is 17.1 Å². The average Bonchev–Trinajstić information content (AvgIpc) is 3.03. The molecule has 1 amide bonds. The number of carbonyl (C=O) groups is 1. The molecule has 0 radical (unpaired) electrons. The van der Waals surface area contributed by atoms with E-state index in [1.165, 1.54) is 11.8 Å². The van der Waals surface area contributed by atoms with E-state index in [0.29, 0.717) is 23.5 Å². The maximum Gasteiger partial charge on any atom is 0.259 e. The van der Waals surface area contributed by atoms with Gasteiger partial charge in [-0.25, -0.2) is 4.98 Å². The molecule has 2 heterocycles. The highest BCUT2D eigenvalue weighted by atomic mass is 32.2. The minimum Gasteiger partial charge on any atom is -0.335 e. The van der Waals surface area contributed by atoms with Crippen molar-refractivity contribution in [3.8, 4) is 0 Å². The fourth-order valence-corrected chi connectivity index (χ4v) is 5.20. The number of nitrogens with one attached hydrogen (secondary N) is 1. The molecule has 0 saturated heterocycles. The molecule has 0 bridgehead atoms. The molecule has 2 unspecified atom stereocenters. The van der Waals surface area contributed by atoms with Crippen molar-refractivity contribution in [2.75, 3.05) is 0 Å². The van der Waals surface area contributed by atoms with Gasteiger partial charge in [0, 0.05) is 17.5 Å². The van der Waals surface area contributed by atoms with Crippen LogP contribution in [0, 0.1) is 13.8 Å². The summed E-state index contributed by atoms with van der Waals surface area (Å²) in [4.78, 5) is 37.1. The highest BCUT2D eigenvalue weighted by Crippen LogP contribution is 2.27. The number of thiophene rings is 1. The van der Waals surface area contributed by atoms with Gasteiger partial charge >= 0.3 is 0 Å². The minimum absolute atomic E-state index is 0.0956. The first-order valence-corrected chi connectivity index (χ1v) is 12.1. The van der Waals surface area contributed by atoms with Gasteiger partial charge in [0.15, 0.2) is 0 Å². The van der Waals surface area contributed by atoms with E-state index in [0.717, 1.165) is 27.3 Å². The van der Waals surface area contributed by atoms with Crippen molar-refractivity contribution in [3.63, 3.8) is 0 Å². The third-order valence-electron chi connectivity index (χ3n) is 5.51. The molecule has 3 aromatic rings. The Morgan fingerprint density at radius 1 is 1.23 bits per heavy atom. The Kier molecular flexibility index (Phi) is 7.36. The van der Waals surface area contributed by atoms with Crippen LogP contribution in [0.5, 0.6) is 0 Å². The van der Waals surface area contributed by atoms with Gasteiger partial charge in [-0.15, -0.1) is 23.1 Å². The van der Waals surface area contributed by atoms with Gasteiger partial charge in [-0.05, 0) is 45.2 Å². The minimum atomic E-state index is -0.226. The van der Waals surface area contributed by atoms with Crippen LogP contribution in [0.1, 0.15) is 49.0 Å². The van der Waals surface area contributed by atoms with Crippen molar-refractivity contribution in [1.82, 2.24) is 14.9 Å². The molecule has 0 fully saturated rings. The predicted octanol–water partition coefficient (Wildman–Crippen LogP) is 5.05. The Balaban J connectivity index is 1.72. The third-order valence-corrected chi connectivity index (χ3v) is 7.75. The van der Waals surface area contributed by atoms with Gasteiger partial charge in [-0.3, -0.25) is 9.59 Å². The molecule has 1 N–H and O–H groups in total. The highest BCUT2D eigenvalue weighted by molar-refractivity contribution is 7.99. The lowest BCUT2D eigenvalue weighted by atomic mass is 10.1. The molecule has 1 aromatic carbocycles. The van der Waals surface area contributed by atoms with Crippen molar-refractivity contribution in [2.24, 2.45) is 0 Å². The second-order valence-corrected chi connectivity index (χ2v) is 10.2. The number of hydrogen-bond donors (Lipinski definition) is 1. The lowest BCUT2D eigenvalue weighted by Crippen LogP contribution is -2.42. The normalized spacial score (nSPS) is 13.4. The fraction of sp³-hybridized carbons (Fsp3) is 0.435. The number of thioether (sulfide) groups is 1. The van der Waals surface area contributed by atoms with Crippen LogP contribution in [0.2, 0.25) is 0 Å². The molecule has 0 aliphatic heterocycles. The van der Waals surface area contributed by atoms with E-state index in [9.17, 15) is 9.59 Å². The topological polar surface area (TPSA) is 66.1 Å². The molecule has 3 rings (SSSR count). The smallest absolute Gasteiger partial charge is 0.259 e. The van der Waals surface area contributed by atoms with Crippen molar-refractivity contribution < 1.29 is 4.79 Å². The summed E-state index contributed by atoms with van der Waals surface area (Å²) in [5.74, 6) is 1.23. The number of H-pyrrole nitrogens is 1. The van der Waals surface area contributed by atoms with Crippen LogP contribution in [0.3, 0.4) is 0 Å². The second kappa shape index (κ2) is 9.79. The second-order valence-electron chi connectivity index (χ2n) is 7.64. The van der Waals surface area contributed by atoms with E-state index in [4.69, 9.17) is 0 Å². The molecule has 2 aromatic heterocycles. The van der Waals surface area contributed by atoms with Crippen molar-refractivity contribution in [1.29, 1.82) is 0 Å². The number of hydrogen-bond acceptors (Lipinski definition) is 5. The molecule has 0 aliphatic rings. The Morgan fingerprint density at radius 2 is 1.93 bits per heavy atom. The molecular weight excluding hydrogens is 414 g/mol. The highest BCUT2D eigenvalue weighted by Gasteiger charge is 2.25. The lowest BCUT2D eigenvalue weighted by molar-refractivity contribution is -0.133. The zero-order chi connectivity index (χ0) is 21.8. The summed E-state index contributed by atoms with van der Waals surface area (Å²) in [5, 5.41) is 0.455. The number of fused-ring (bicyclic) bond motifs is 1. The van der Waals surface area contributed by atoms with Gasteiger partial charge < -0.3 is 9.88 Å².